The van der Waals surface area contributed by atoms with Crippen molar-refractivity contribution in [3.05, 3.63) is 23.8 Å². The fourth-order valence-corrected chi connectivity index (χ4v) is 2.97. The maximum absolute atomic E-state index is 12.4. The summed E-state index contributed by atoms with van der Waals surface area (Å²) in [6.07, 6.45) is 1.66. The van der Waals surface area contributed by atoms with E-state index in [0.717, 1.165) is 32.0 Å². The van der Waals surface area contributed by atoms with Gasteiger partial charge in [0.15, 0.2) is 0 Å². The lowest BCUT2D eigenvalue weighted by Gasteiger charge is -2.36. The molecule has 1 saturated heterocycles. The van der Waals surface area contributed by atoms with Crippen molar-refractivity contribution in [3.63, 3.8) is 0 Å². The molecular formula is C16H24N6O2. The summed E-state index contributed by atoms with van der Waals surface area (Å²) in [4.78, 5) is 23.1. The van der Waals surface area contributed by atoms with Gasteiger partial charge in [0.1, 0.15) is 0 Å². The molecule has 2 aromatic rings. The van der Waals surface area contributed by atoms with Crippen LogP contribution in [0.4, 0.5) is 0 Å². The van der Waals surface area contributed by atoms with Gasteiger partial charge in [-0.25, -0.2) is 9.50 Å². The maximum Gasteiger partial charge on any atom is 0.291 e. The van der Waals surface area contributed by atoms with Gasteiger partial charge in [-0.1, -0.05) is 13.8 Å². The third kappa shape index (κ3) is 3.54. The van der Waals surface area contributed by atoms with Gasteiger partial charge < -0.3 is 10.1 Å². The van der Waals surface area contributed by atoms with Crippen molar-refractivity contribution in [3.8, 4) is 0 Å². The number of morpholine rings is 1. The van der Waals surface area contributed by atoms with Gasteiger partial charge in [0.2, 0.25) is 5.82 Å². The first-order chi connectivity index (χ1) is 11.6. The molecule has 3 heterocycles. The minimum atomic E-state index is -0.265. The molecule has 0 bridgehead atoms. The Morgan fingerprint density at radius 1 is 1.38 bits per heavy atom. The molecule has 0 aliphatic carbocycles. The average Bonchev–Trinajstić information content (AvgIpc) is 3.01. The standard InChI is InChI=1S/C16H24N6O2/c1-11(2)13(21-6-8-24-9-7-21)10-18-15(23)14-19-16-17-5-4-12(3)22(16)20-14/h4-5,11,13H,6-10H2,1-3H3,(H,18,23). The van der Waals surface area contributed by atoms with Crippen LogP contribution in [0.15, 0.2) is 12.3 Å². The number of nitrogens with zero attached hydrogens (tertiary/aromatic N) is 5. The van der Waals surface area contributed by atoms with Gasteiger partial charge in [0.25, 0.3) is 11.7 Å². The SMILES string of the molecule is Cc1ccnc2nc(C(=O)NCC(C(C)C)N3CCOCC3)nn12. The number of carbonyl (C=O) groups excluding carboxylic acids is 1. The number of hydrogen-bond donors (Lipinski definition) is 1. The first-order valence-corrected chi connectivity index (χ1v) is 8.34. The number of fused-ring (bicyclic) bond motifs is 1. The van der Waals surface area contributed by atoms with Gasteiger partial charge >= 0.3 is 0 Å². The van der Waals surface area contributed by atoms with E-state index >= 15 is 0 Å². The number of aryl methyl sites for hydroxylation is 1. The van der Waals surface area contributed by atoms with E-state index in [-0.39, 0.29) is 17.8 Å². The lowest BCUT2D eigenvalue weighted by molar-refractivity contribution is 0.00670. The van der Waals surface area contributed by atoms with Gasteiger partial charge in [-0.2, -0.15) is 4.98 Å². The average molecular weight is 332 g/mol. The fourth-order valence-electron chi connectivity index (χ4n) is 2.97. The molecule has 1 atom stereocenters. The van der Waals surface area contributed by atoms with Crippen LogP contribution in [0, 0.1) is 12.8 Å². The summed E-state index contributed by atoms with van der Waals surface area (Å²) in [5, 5.41) is 7.22. The Hall–Kier alpha value is -2.06. The molecule has 8 heteroatoms. The van der Waals surface area contributed by atoms with E-state index in [0.29, 0.717) is 18.2 Å². The number of ether oxygens (including phenoxy) is 1. The highest BCUT2D eigenvalue weighted by Crippen LogP contribution is 2.12. The lowest BCUT2D eigenvalue weighted by atomic mass is 10.0. The molecule has 3 rings (SSSR count). The predicted octanol–water partition coefficient (Wildman–Crippen LogP) is 0.519. The second-order valence-corrected chi connectivity index (χ2v) is 6.40. The van der Waals surface area contributed by atoms with Gasteiger partial charge in [0.05, 0.1) is 13.2 Å². The number of aromatic nitrogens is 4. The third-order valence-electron chi connectivity index (χ3n) is 4.39. The highest BCUT2D eigenvalue weighted by Gasteiger charge is 2.25. The molecule has 1 aliphatic rings. The van der Waals surface area contributed by atoms with Crippen molar-refractivity contribution in [2.45, 2.75) is 26.8 Å². The molecule has 0 aromatic carbocycles. The zero-order valence-electron chi connectivity index (χ0n) is 14.4. The first kappa shape index (κ1) is 16.8. The Morgan fingerprint density at radius 3 is 2.79 bits per heavy atom. The molecule has 1 aliphatic heterocycles. The van der Waals surface area contributed by atoms with E-state index < -0.39 is 0 Å². The number of rotatable bonds is 5. The van der Waals surface area contributed by atoms with Crippen LogP contribution in [0.3, 0.4) is 0 Å². The Bertz CT molecular complexity index is 708. The summed E-state index contributed by atoms with van der Waals surface area (Å²) in [6.45, 7) is 10.1. The zero-order valence-corrected chi connectivity index (χ0v) is 14.4. The van der Waals surface area contributed by atoms with Crippen LogP contribution in [0.2, 0.25) is 0 Å². The molecule has 2 aromatic heterocycles. The number of amides is 1. The molecule has 0 radical (unpaired) electrons. The van der Waals surface area contributed by atoms with E-state index in [9.17, 15) is 4.79 Å². The topological polar surface area (TPSA) is 84.7 Å². The van der Waals surface area contributed by atoms with Crippen LogP contribution in [-0.4, -0.2) is 69.3 Å². The fraction of sp³-hybridized carbons (Fsp3) is 0.625. The van der Waals surface area contributed by atoms with Gasteiger partial charge in [-0.15, -0.1) is 5.10 Å². The molecular weight excluding hydrogens is 308 g/mol. The summed E-state index contributed by atoms with van der Waals surface area (Å²) < 4.78 is 6.99. The maximum atomic E-state index is 12.4. The quantitative estimate of drug-likeness (QED) is 0.859. The predicted molar refractivity (Wildman–Crippen MR) is 88.9 cm³/mol. The van der Waals surface area contributed by atoms with Crippen molar-refractivity contribution in [1.82, 2.24) is 29.8 Å². The first-order valence-electron chi connectivity index (χ1n) is 8.34. The molecule has 1 unspecified atom stereocenters. The van der Waals surface area contributed by atoms with Crippen LogP contribution >= 0.6 is 0 Å². The molecule has 0 spiro atoms. The second kappa shape index (κ2) is 7.23. The van der Waals surface area contributed by atoms with Crippen LogP contribution < -0.4 is 5.32 Å². The molecule has 1 amide bonds. The van der Waals surface area contributed by atoms with Crippen LogP contribution in [0.5, 0.6) is 0 Å². The molecule has 130 valence electrons. The summed E-state index contributed by atoms with van der Waals surface area (Å²) in [5.74, 6) is 0.759. The van der Waals surface area contributed by atoms with Crippen LogP contribution in [0.25, 0.3) is 5.78 Å². The summed E-state index contributed by atoms with van der Waals surface area (Å²) >= 11 is 0. The molecule has 1 fully saturated rings. The van der Waals surface area contributed by atoms with E-state index in [1.807, 2.05) is 13.0 Å². The Kier molecular flexibility index (Phi) is 5.06. The minimum Gasteiger partial charge on any atom is -0.379 e. The summed E-state index contributed by atoms with van der Waals surface area (Å²) in [7, 11) is 0. The molecule has 24 heavy (non-hydrogen) atoms. The molecule has 1 N–H and O–H groups in total. The normalized spacial score (nSPS) is 17.3. The highest BCUT2D eigenvalue weighted by atomic mass is 16.5. The minimum absolute atomic E-state index is 0.154. The van der Waals surface area contributed by atoms with Gasteiger partial charge in [-0.3, -0.25) is 9.69 Å². The monoisotopic (exact) mass is 332 g/mol. The number of hydrogen-bond acceptors (Lipinski definition) is 6. The van der Waals surface area contributed by atoms with Crippen molar-refractivity contribution >= 4 is 11.7 Å². The lowest BCUT2D eigenvalue weighted by Crippen LogP contribution is -2.51. The van der Waals surface area contributed by atoms with Gasteiger partial charge in [-0.05, 0) is 18.9 Å². The number of nitrogens with one attached hydrogen (secondary N) is 1. The Balaban J connectivity index is 1.67. The summed E-state index contributed by atoms with van der Waals surface area (Å²) in [6, 6.07) is 2.10. The highest BCUT2D eigenvalue weighted by molar-refractivity contribution is 5.90. The second-order valence-electron chi connectivity index (χ2n) is 6.40. The van der Waals surface area contributed by atoms with Crippen LogP contribution in [-0.2, 0) is 4.74 Å². The molecule has 0 saturated carbocycles. The van der Waals surface area contributed by atoms with Crippen molar-refractivity contribution in [2.24, 2.45) is 5.92 Å². The summed E-state index contributed by atoms with van der Waals surface area (Å²) in [5.41, 5.74) is 0.889. The van der Waals surface area contributed by atoms with E-state index in [4.69, 9.17) is 4.74 Å². The van der Waals surface area contributed by atoms with E-state index in [1.54, 1.807) is 10.7 Å². The third-order valence-corrected chi connectivity index (χ3v) is 4.39. The number of carbonyl (C=O) groups is 1. The van der Waals surface area contributed by atoms with E-state index in [1.165, 1.54) is 0 Å². The van der Waals surface area contributed by atoms with Crippen molar-refractivity contribution < 1.29 is 9.53 Å². The smallest absolute Gasteiger partial charge is 0.291 e. The Morgan fingerprint density at radius 2 is 2.12 bits per heavy atom. The molecule has 8 nitrogen and oxygen atoms in total. The van der Waals surface area contributed by atoms with Crippen LogP contribution in [0.1, 0.15) is 30.2 Å². The van der Waals surface area contributed by atoms with Crippen molar-refractivity contribution in [1.29, 1.82) is 0 Å². The van der Waals surface area contributed by atoms with Crippen molar-refractivity contribution in [2.75, 3.05) is 32.8 Å². The van der Waals surface area contributed by atoms with E-state index in [2.05, 4.69) is 39.1 Å². The van der Waals surface area contributed by atoms with Gasteiger partial charge in [0, 0.05) is 37.6 Å². The zero-order chi connectivity index (χ0) is 17.1. The Labute approximate surface area is 141 Å². The largest absolute Gasteiger partial charge is 0.379 e.